The number of benzene rings is 1. The SMILES string of the molecule is CC(CC#N)N(C)S(=O)(=O)CCOc1ccccc1N. The number of rotatable bonds is 7. The molecular formula is C13H19N3O3S. The minimum atomic E-state index is -3.45. The quantitative estimate of drug-likeness (QED) is 0.763. The zero-order chi connectivity index (χ0) is 15.2. The molecule has 0 bridgehead atoms. The molecule has 0 radical (unpaired) electrons. The summed E-state index contributed by atoms with van der Waals surface area (Å²) < 4.78 is 30.6. The van der Waals surface area contributed by atoms with E-state index in [2.05, 4.69) is 0 Å². The molecule has 1 aromatic rings. The summed E-state index contributed by atoms with van der Waals surface area (Å²) in [5, 5.41) is 8.60. The Kier molecular flexibility index (Phi) is 5.80. The minimum Gasteiger partial charge on any atom is -0.490 e. The Labute approximate surface area is 119 Å². The minimum absolute atomic E-state index is 0.0140. The van der Waals surface area contributed by atoms with E-state index in [1.165, 1.54) is 11.4 Å². The van der Waals surface area contributed by atoms with E-state index in [4.69, 9.17) is 15.7 Å². The molecule has 1 rings (SSSR count). The number of nitrogens with zero attached hydrogens (tertiary/aromatic N) is 2. The third kappa shape index (κ3) is 4.40. The van der Waals surface area contributed by atoms with Gasteiger partial charge in [-0.2, -0.15) is 5.26 Å². The molecule has 0 aromatic heterocycles. The third-order valence-electron chi connectivity index (χ3n) is 2.96. The fraction of sp³-hybridized carbons (Fsp3) is 0.462. The van der Waals surface area contributed by atoms with Crippen molar-refractivity contribution in [2.45, 2.75) is 19.4 Å². The lowest BCUT2D eigenvalue weighted by atomic mass is 10.3. The molecule has 1 atom stereocenters. The molecule has 110 valence electrons. The van der Waals surface area contributed by atoms with Crippen LogP contribution < -0.4 is 10.5 Å². The van der Waals surface area contributed by atoms with Crippen LogP contribution in [0.5, 0.6) is 5.75 Å². The van der Waals surface area contributed by atoms with Gasteiger partial charge in [-0.1, -0.05) is 12.1 Å². The van der Waals surface area contributed by atoms with Gasteiger partial charge in [0.2, 0.25) is 10.0 Å². The molecule has 7 heteroatoms. The molecule has 1 unspecified atom stereocenters. The number of nitrogen functional groups attached to an aromatic ring is 1. The van der Waals surface area contributed by atoms with E-state index in [-0.39, 0.29) is 24.8 Å². The highest BCUT2D eigenvalue weighted by Crippen LogP contribution is 2.19. The van der Waals surface area contributed by atoms with Crippen LogP contribution in [0, 0.1) is 11.3 Å². The number of anilines is 1. The zero-order valence-corrected chi connectivity index (χ0v) is 12.4. The summed E-state index contributed by atoms with van der Waals surface area (Å²) in [5.74, 6) is 0.309. The number of sulfonamides is 1. The maximum Gasteiger partial charge on any atom is 0.217 e. The van der Waals surface area contributed by atoms with Gasteiger partial charge in [0.15, 0.2) is 0 Å². The highest BCUT2D eigenvalue weighted by molar-refractivity contribution is 7.89. The monoisotopic (exact) mass is 297 g/mol. The first kappa shape index (κ1) is 16.3. The molecule has 0 saturated carbocycles. The molecule has 0 spiro atoms. The van der Waals surface area contributed by atoms with Crippen molar-refractivity contribution in [2.24, 2.45) is 0 Å². The van der Waals surface area contributed by atoms with E-state index in [9.17, 15) is 8.42 Å². The van der Waals surface area contributed by atoms with Gasteiger partial charge in [0.05, 0.1) is 23.9 Å². The topological polar surface area (TPSA) is 96.4 Å². The first-order chi connectivity index (χ1) is 9.38. The molecule has 0 aliphatic heterocycles. The van der Waals surface area contributed by atoms with Gasteiger partial charge in [-0.15, -0.1) is 0 Å². The van der Waals surface area contributed by atoms with Crippen LogP contribution in [-0.2, 0) is 10.0 Å². The van der Waals surface area contributed by atoms with Crippen molar-refractivity contribution in [3.63, 3.8) is 0 Å². The normalized spacial score (nSPS) is 12.9. The number of para-hydroxylation sites is 2. The van der Waals surface area contributed by atoms with Crippen molar-refractivity contribution in [3.8, 4) is 11.8 Å². The van der Waals surface area contributed by atoms with E-state index >= 15 is 0 Å². The standard InChI is InChI=1S/C13H19N3O3S/c1-11(7-8-14)16(2)20(17,18)10-9-19-13-6-4-3-5-12(13)15/h3-6,11H,7,9-10,15H2,1-2H3. The van der Waals surface area contributed by atoms with Crippen molar-refractivity contribution in [3.05, 3.63) is 24.3 Å². The summed E-state index contributed by atoms with van der Waals surface area (Å²) in [7, 11) is -1.98. The number of nitriles is 1. The van der Waals surface area contributed by atoms with Crippen LogP contribution in [0.1, 0.15) is 13.3 Å². The van der Waals surface area contributed by atoms with Crippen LogP contribution in [0.2, 0.25) is 0 Å². The number of nitrogens with two attached hydrogens (primary N) is 1. The summed E-state index contributed by atoms with van der Waals surface area (Å²) in [5.41, 5.74) is 6.17. The van der Waals surface area contributed by atoms with Crippen LogP contribution in [0.15, 0.2) is 24.3 Å². The smallest absolute Gasteiger partial charge is 0.217 e. The summed E-state index contributed by atoms with van der Waals surface area (Å²) in [6.45, 7) is 1.71. The van der Waals surface area contributed by atoms with Crippen LogP contribution in [0.3, 0.4) is 0 Å². The molecule has 1 aromatic carbocycles. The lowest BCUT2D eigenvalue weighted by molar-refractivity contribution is 0.333. The first-order valence-corrected chi connectivity index (χ1v) is 7.79. The second-order valence-electron chi connectivity index (χ2n) is 4.43. The van der Waals surface area contributed by atoms with Gasteiger partial charge >= 0.3 is 0 Å². The first-order valence-electron chi connectivity index (χ1n) is 6.18. The fourth-order valence-corrected chi connectivity index (χ4v) is 2.75. The Balaban J connectivity index is 2.56. The number of hydrogen-bond donors (Lipinski definition) is 1. The maximum absolute atomic E-state index is 12.0. The van der Waals surface area contributed by atoms with E-state index in [1.807, 2.05) is 6.07 Å². The molecule has 0 heterocycles. The fourth-order valence-electron chi connectivity index (χ4n) is 1.55. The second kappa shape index (κ2) is 7.12. The van der Waals surface area contributed by atoms with Crippen LogP contribution in [-0.4, -0.2) is 38.2 Å². The van der Waals surface area contributed by atoms with Crippen LogP contribution in [0.4, 0.5) is 5.69 Å². The molecule has 0 saturated heterocycles. The van der Waals surface area contributed by atoms with Crippen molar-refractivity contribution in [1.82, 2.24) is 4.31 Å². The molecule has 2 N–H and O–H groups in total. The average molecular weight is 297 g/mol. The van der Waals surface area contributed by atoms with Crippen LogP contribution >= 0.6 is 0 Å². The number of ether oxygens (including phenoxy) is 1. The maximum atomic E-state index is 12.0. The molecule has 20 heavy (non-hydrogen) atoms. The molecule has 0 fully saturated rings. The molecule has 0 aliphatic rings. The summed E-state index contributed by atoms with van der Waals surface area (Å²) in [6, 6.07) is 8.51. The Morgan fingerprint density at radius 2 is 2.10 bits per heavy atom. The van der Waals surface area contributed by atoms with Crippen molar-refractivity contribution < 1.29 is 13.2 Å². The Morgan fingerprint density at radius 3 is 2.70 bits per heavy atom. The largest absolute Gasteiger partial charge is 0.490 e. The highest BCUT2D eigenvalue weighted by atomic mass is 32.2. The number of hydrogen-bond acceptors (Lipinski definition) is 5. The van der Waals surface area contributed by atoms with Gasteiger partial charge in [-0.25, -0.2) is 12.7 Å². The van der Waals surface area contributed by atoms with Gasteiger partial charge in [0.1, 0.15) is 12.4 Å². The summed E-state index contributed by atoms with van der Waals surface area (Å²) in [6.07, 6.45) is 0.155. The Morgan fingerprint density at radius 1 is 1.45 bits per heavy atom. The van der Waals surface area contributed by atoms with Crippen molar-refractivity contribution >= 4 is 15.7 Å². The highest BCUT2D eigenvalue weighted by Gasteiger charge is 2.23. The van der Waals surface area contributed by atoms with Gasteiger partial charge in [-0.05, 0) is 19.1 Å². The predicted octanol–water partition coefficient (Wildman–Crippen LogP) is 1.21. The summed E-state index contributed by atoms with van der Waals surface area (Å²) >= 11 is 0. The van der Waals surface area contributed by atoms with Gasteiger partial charge in [-0.3, -0.25) is 0 Å². The van der Waals surface area contributed by atoms with Crippen molar-refractivity contribution in [1.29, 1.82) is 5.26 Å². The van der Waals surface area contributed by atoms with Gasteiger partial charge in [0.25, 0.3) is 0 Å². The van der Waals surface area contributed by atoms with E-state index in [1.54, 1.807) is 31.2 Å². The third-order valence-corrected chi connectivity index (χ3v) is 4.88. The van der Waals surface area contributed by atoms with Crippen molar-refractivity contribution in [2.75, 3.05) is 25.1 Å². The van der Waals surface area contributed by atoms with Crippen LogP contribution in [0.25, 0.3) is 0 Å². The predicted molar refractivity (Wildman–Crippen MR) is 77.6 cm³/mol. The van der Waals surface area contributed by atoms with E-state index in [0.717, 1.165) is 0 Å². The van der Waals surface area contributed by atoms with E-state index < -0.39 is 10.0 Å². The Bertz CT molecular complexity index is 581. The Hall–Kier alpha value is -1.78. The molecule has 6 nitrogen and oxygen atoms in total. The van der Waals surface area contributed by atoms with Gasteiger partial charge in [0, 0.05) is 13.1 Å². The lowest BCUT2D eigenvalue weighted by Gasteiger charge is -2.22. The van der Waals surface area contributed by atoms with Gasteiger partial charge < -0.3 is 10.5 Å². The molecule has 0 amide bonds. The van der Waals surface area contributed by atoms with E-state index in [0.29, 0.717) is 11.4 Å². The molecule has 0 aliphatic carbocycles. The second-order valence-corrected chi connectivity index (χ2v) is 6.58. The zero-order valence-electron chi connectivity index (χ0n) is 11.6. The lowest BCUT2D eigenvalue weighted by Crippen LogP contribution is -2.37. The average Bonchev–Trinajstić information content (AvgIpc) is 2.40. The summed E-state index contributed by atoms with van der Waals surface area (Å²) in [4.78, 5) is 0. The molecular weight excluding hydrogens is 278 g/mol.